The van der Waals surface area contributed by atoms with Crippen molar-refractivity contribution in [1.29, 1.82) is 0 Å². The molecule has 2 aromatic rings. The van der Waals surface area contributed by atoms with E-state index in [0.29, 0.717) is 25.4 Å². The van der Waals surface area contributed by atoms with Gasteiger partial charge in [0.25, 0.3) is 5.91 Å². The Bertz CT molecular complexity index is 675. The maximum Gasteiger partial charge on any atom is 0.270 e. The minimum atomic E-state index is -0.196. The van der Waals surface area contributed by atoms with Crippen LogP contribution in [-0.4, -0.2) is 45.0 Å². The molecular weight excluding hydrogens is 280 g/mol. The van der Waals surface area contributed by atoms with Crippen LogP contribution < -0.4 is 0 Å². The number of ether oxygens (including phenoxy) is 1. The molecule has 2 aromatic heterocycles. The molecule has 0 radical (unpaired) electrons. The zero-order chi connectivity index (χ0) is 15.7. The molecule has 0 bridgehead atoms. The normalized spacial score (nSPS) is 18.5. The number of carbonyl (C=O) groups excluding carboxylic acids is 1. The Labute approximate surface area is 129 Å². The SMILES string of the molecule is Cc1cc(C2CN(C(=O)c3cccn3C)CCO2)nc(C)n1. The molecule has 6 heteroatoms. The lowest BCUT2D eigenvalue weighted by Crippen LogP contribution is -2.43. The van der Waals surface area contributed by atoms with Crippen molar-refractivity contribution in [2.45, 2.75) is 20.0 Å². The molecule has 116 valence electrons. The van der Waals surface area contributed by atoms with Gasteiger partial charge in [-0.25, -0.2) is 9.97 Å². The van der Waals surface area contributed by atoms with Gasteiger partial charge in [-0.15, -0.1) is 0 Å². The molecule has 1 amide bonds. The average molecular weight is 300 g/mol. The fraction of sp³-hybridized carbons (Fsp3) is 0.438. The van der Waals surface area contributed by atoms with Gasteiger partial charge in [0.1, 0.15) is 17.6 Å². The summed E-state index contributed by atoms with van der Waals surface area (Å²) in [5.74, 6) is 0.757. The number of rotatable bonds is 2. The summed E-state index contributed by atoms with van der Waals surface area (Å²) in [6.07, 6.45) is 1.68. The van der Waals surface area contributed by atoms with Gasteiger partial charge < -0.3 is 14.2 Å². The zero-order valence-corrected chi connectivity index (χ0v) is 13.1. The van der Waals surface area contributed by atoms with Crippen molar-refractivity contribution in [3.63, 3.8) is 0 Å². The molecule has 0 aliphatic carbocycles. The van der Waals surface area contributed by atoms with E-state index in [1.165, 1.54) is 0 Å². The fourth-order valence-electron chi connectivity index (χ4n) is 2.77. The summed E-state index contributed by atoms with van der Waals surface area (Å²) in [5.41, 5.74) is 2.45. The highest BCUT2D eigenvalue weighted by molar-refractivity contribution is 5.92. The van der Waals surface area contributed by atoms with Crippen molar-refractivity contribution < 1.29 is 9.53 Å². The van der Waals surface area contributed by atoms with Crippen molar-refractivity contribution in [2.75, 3.05) is 19.7 Å². The molecule has 0 spiro atoms. The molecule has 6 nitrogen and oxygen atoms in total. The molecule has 0 N–H and O–H groups in total. The molecule has 1 unspecified atom stereocenters. The summed E-state index contributed by atoms with van der Waals surface area (Å²) in [5, 5.41) is 0. The molecule has 0 aromatic carbocycles. The highest BCUT2D eigenvalue weighted by Crippen LogP contribution is 2.22. The van der Waals surface area contributed by atoms with E-state index in [1.54, 1.807) is 0 Å². The van der Waals surface area contributed by atoms with Crippen molar-refractivity contribution in [3.05, 3.63) is 47.3 Å². The van der Waals surface area contributed by atoms with Crippen molar-refractivity contribution >= 4 is 5.91 Å². The molecule has 1 aliphatic rings. The van der Waals surface area contributed by atoms with Crippen LogP contribution in [0.15, 0.2) is 24.4 Å². The topological polar surface area (TPSA) is 60.2 Å². The molecular formula is C16H20N4O2. The van der Waals surface area contributed by atoms with Gasteiger partial charge in [-0.1, -0.05) is 0 Å². The summed E-state index contributed by atoms with van der Waals surface area (Å²) in [7, 11) is 1.88. The van der Waals surface area contributed by atoms with Crippen LogP contribution in [0.25, 0.3) is 0 Å². The van der Waals surface area contributed by atoms with Crippen LogP contribution in [0.3, 0.4) is 0 Å². The van der Waals surface area contributed by atoms with E-state index < -0.39 is 0 Å². The Morgan fingerprint density at radius 3 is 2.86 bits per heavy atom. The number of morpholine rings is 1. The van der Waals surface area contributed by atoms with Gasteiger partial charge in [-0.2, -0.15) is 0 Å². The lowest BCUT2D eigenvalue weighted by Gasteiger charge is -2.32. The Balaban J connectivity index is 1.79. The van der Waals surface area contributed by atoms with Crippen molar-refractivity contribution in [1.82, 2.24) is 19.4 Å². The van der Waals surface area contributed by atoms with Crippen LogP contribution in [0, 0.1) is 13.8 Å². The first-order valence-corrected chi connectivity index (χ1v) is 7.39. The number of aromatic nitrogens is 3. The molecule has 1 aliphatic heterocycles. The summed E-state index contributed by atoms with van der Waals surface area (Å²) < 4.78 is 7.65. The monoisotopic (exact) mass is 300 g/mol. The summed E-state index contributed by atoms with van der Waals surface area (Å²) >= 11 is 0. The number of aryl methyl sites for hydroxylation is 3. The van der Waals surface area contributed by atoms with Crippen molar-refractivity contribution in [2.24, 2.45) is 7.05 Å². The van der Waals surface area contributed by atoms with Crippen LogP contribution in [0.5, 0.6) is 0 Å². The molecule has 3 rings (SSSR count). The maximum atomic E-state index is 12.6. The predicted molar refractivity (Wildman–Crippen MR) is 81.5 cm³/mol. The standard InChI is InChI=1S/C16H20N4O2/c1-11-9-13(18-12(2)17-11)15-10-20(7-8-22-15)16(21)14-5-4-6-19(14)3/h4-6,9,15H,7-8,10H2,1-3H3. The van der Waals surface area contributed by atoms with E-state index in [2.05, 4.69) is 9.97 Å². The second-order valence-electron chi connectivity index (χ2n) is 5.60. The van der Waals surface area contributed by atoms with Gasteiger partial charge in [0, 0.05) is 25.5 Å². The number of carbonyl (C=O) groups is 1. The number of amides is 1. The quantitative estimate of drug-likeness (QED) is 0.846. The molecule has 1 atom stereocenters. The first kappa shape index (κ1) is 14.7. The Morgan fingerprint density at radius 2 is 2.18 bits per heavy atom. The van der Waals surface area contributed by atoms with E-state index in [4.69, 9.17) is 4.74 Å². The highest BCUT2D eigenvalue weighted by Gasteiger charge is 2.28. The van der Waals surface area contributed by atoms with Gasteiger partial charge in [-0.3, -0.25) is 4.79 Å². The maximum absolute atomic E-state index is 12.6. The molecule has 3 heterocycles. The first-order valence-electron chi connectivity index (χ1n) is 7.39. The second-order valence-corrected chi connectivity index (χ2v) is 5.60. The third kappa shape index (κ3) is 2.87. The summed E-state index contributed by atoms with van der Waals surface area (Å²) in [4.78, 5) is 23.2. The van der Waals surface area contributed by atoms with E-state index in [1.807, 2.05) is 54.8 Å². The summed E-state index contributed by atoms with van der Waals surface area (Å²) in [6.45, 7) is 5.44. The second kappa shape index (κ2) is 5.88. The van der Waals surface area contributed by atoms with Gasteiger partial charge in [0.15, 0.2) is 0 Å². The minimum Gasteiger partial charge on any atom is -0.368 e. The average Bonchev–Trinajstić information content (AvgIpc) is 2.92. The predicted octanol–water partition coefficient (Wildman–Crippen LogP) is 1.65. The minimum absolute atomic E-state index is 0.0308. The third-order valence-corrected chi connectivity index (χ3v) is 3.83. The lowest BCUT2D eigenvalue weighted by molar-refractivity contribution is -0.0251. The fourth-order valence-corrected chi connectivity index (χ4v) is 2.77. The van der Waals surface area contributed by atoms with Crippen LogP contribution >= 0.6 is 0 Å². The van der Waals surface area contributed by atoms with Gasteiger partial charge >= 0.3 is 0 Å². The number of hydrogen-bond donors (Lipinski definition) is 0. The van der Waals surface area contributed by atoms with Gasteiger partial charge in [0.2, 0.25) is 0 Å². The molecule has 1 fully saturated rings. The van der Waals surface area contributed by atoms with E-state index in [9.17, 15) is 4.79 Å². The van der Waals surface area contributed by atoms with Gasteiger partial charge in [-0.05, 0) is 32.0 Å². The van der Waals surface area contributed by atoms with E-state index in [0.717, 1.165) is 17.2 Å². The first-order chi connectivity index (χ1) is 10.5. The van der Waals surface area contributed by atoms with Gasteiger partial charge in [0.05, 0.1) is 18.8 Å². The molecule has 22 heavy (non-hydrogen) atoms. The Hall–Kier alpha value is -2.21. The Kier molecular flexibility index (Phi) is 3.94. The van der Waals surface area contributed by atoms with Crippen molar-refractivity contribution in [3.8, 4) is 0 Å². The largest absolute Gasteiger partial charge is 0.368 e. The zero-order valence-electron chi connectivity index (χ0n) is 13.1. The van der Waals surface area contributed by atoms with E-state index in [-0.39, 0.29) is 12.0 Å². The van der Waals surface area contributed by atoms with Crippen LogP contribution in [0.2, 0.25) is 0 Å². The van der Waals surface area contributed by atoms with Crippen LogP contribution in [-0.2, 0) is 11.8 Å². The number of hydrogen-bond acceptors (Lipinski definition) is 4. The molecule has 1 saturated heterocycles. The van der Waals surface area contributed by atoms with E-state index >= 15 is 0 Å². The molecule has 0 saturated carbocycles. The summed E-state index contributed by atoms with van der Waals surface area (Å²) in [6, 6.07) is 5.64. The highest BCUT2D eigenvalue weighted by atomic mass is 16.5. The lowest BCUT2D eigenvalue weighted by atomic mass is 10.1. The number of nitrogens with zero attached hydrogens (tertiary/aromatic N) is 4. The smallest absolute Gasteiger partial charge is 0.270 e. The Morgan fingerprint density at radius 1 is 1.36 bits per heavy atom. The van der Waals surface area contributed by atoms with Crippen LogP contribution in [0.1, 0.15) is 33.8 Å². The third-order valence-electron chi connectivity index (χ3n) is 3.83. The van der Waals surface area contributed by atoms with Crippen LogP contribution in [0.4, 0.5) is 0 Å².